The maximum absolute atomic E-state index is 12.4. The van der Waals surface area contributed by atoms with Crippen LogP contribution in [0.5, 0.6) is 0 Å². The Labute approximate surface area is 174 Å². The first-order valence-electron chi connectivity index (χ1n) is 8.63. The number of piperazine rings is 1. The summed E-state index contributed by atoms with van der Waals surface area (Å²) >= 11 is 2.65. The number of hydrogen-bond donors (Lipinski definition) is 1. The summed E-state index contributed by atoms with van der Waals surface area (Å²) in [6, 6.07) is 6.01. The number of primary amides is 1. The van der Waals surface area contributed by atoms with Crippen LogP contribution < -0.4 is 10.6 Å². The van der Waals surface area contributed by atoms with Gasteiger partial charge in [-0.15, -0.1) is 10.2 Å². The molecule has 10 nitrogen and oxygen atoms in total. The molecule has 1 aromatic heterocycles. The van der Waals surface area contributed by atoms with Crippen molar-refractivity contribution < 1.29 is 14.5 Å². The van der Waals surface area contributed by atoms with E-state index in [2.05, 4.69) is 15.1 Å². The number of nitrogens with zero attached hydrogens (tertiary/aromatic N) is 5. The van der Waals surface area contributed by atoms with Crippen LogP contribution in [0.25, 0.3) is 6.08 Å². The summed E-state index contributed by atoms with van der Waals surface area (Å²) in [6.45, 7) is 2.36. The molecule has 0 radical (unpaired) electrons. The van der Waals surface area contributed by atoms with E-state index in [-0.39, 0.29) is 17.3 Å². The second-order valence-corrected chi connectivity index (χ2v) is 8.28. The first kappa shape index (κ1) is 20.7. The van der Waals surface area contributed by atoms with Gasteiger partial charge in [-0.25, -0.2) is 0 Å². The third-order valence-electron chi connectivity index (χ3n) is 4.12. The van der Waals surface area contributed by atoms with Crippen LogP contribution in [-0.4, -0.2) is 63.8 Å². The van der Waals surface area contributed by atoms with E-state index in [1.54, 1.807) is 23.1 Å². The summed E-state index contributed by atoms with van der Waals surface area (Å²) < 4.78 is 0.684. The van der Waals surface area contributed by atoms with Crippen molar-refractivity contribution in [1.29, 1.82) is 0 Å². The minimum atomic E-state index is -0.463. The van der Waals surface area contributed by atoms with Crippen molar-refractivity contribution in [3.63, 3.8) is 0 Å². The van der Waals surface area contributed by atoms with Gasteiger partial charge in [0.2, 0.25) is 16.9 Å². The number of nitro groups is 1. The van der Waals surface area contributed by atoms with Crippen LogP contribution in [0.2, 0.25) is 0 Å². The number of amides is 2. The Morgan fingerprint density at radius 3 is 2.52 bits per heavy atom. The molecule has 2 N–H and O–H groups in total. The van der Waals surface area contributed by atoms with Crippen molar-refractivity contribution in [2.45, 2.75) is 4.34 Å². The average Bonchev–Trinajstić information content (AvgIpc) is 3.20. The fraction of sp³-hybridized carbons (Fsp3) is 0.294. The van der Waals surface area contributed by atoms with Crippen LogP contribution in [0.1, 0.15) is 5.56 Å². The number of carbonyl (C=O) groups is 2. The first-order chi connectivity index (χ1) is 13.9. The smallest absolute Gasteiger partial charge is 0.269 e. The van der Waals surface area contributed by atoms with Crippen LogP contribution in [0.4, 0.5) is 10.8 Å². The molecule has 2 heterocycles. The number of rotatable bonds is 7. The Hall–Kier alpha value is -2.99. The van der Waals surface area contributed by atoms with Gasteiger partial charge >= 0.3 is 0 Å². The Morgan fingerprint density at radius 2 is 1.90 bits per heavy atom. The molecule has 2 amide bonds. The third-order valence-corrected chi connectivity index (χ3v) is 6.26. The van der Waals surface area contributed by atoms with Crippen molar-refractivity contribution >= 4 is 51.8 Å². The topological polar surface area (TPSA) is 136 Å². The van der Waals surface area contributed by atoms with Crippen LogP contribution in [-0.2, 0) is 9.59 Å². The molecule has 0 aliphatic carbocycles. The van der Waals surface area contributed by atoms with Gasteiger partial charge in [0.25, 0.3) is 5.69 Å². The van der Waals surface area contributed by atoms with Crippen molar-refractivity contribution in [1.82, 2.24) is 15.1 Å². The number of benzene rings is 1. The predicted molar refractivity (Wildman–Crippen MR) is 111 cm³/mol. The van der Waals surface area contributed by atoms with Crippen molar-refractivity contribution in [3.05, 3.63) is 46.0 Å². The number of hydrogen-bond acceptors (Lipinski definition) is 9. The number of thioether (sulfide) groups is 1. The minimum Gasteiger partial charge on any atom is -0.369 e. The Kier molecular flexibility index (Phi) is 6.77. The predicted octanol–water partition coefficient (Wildman–Crippen LogP) is 1.39. The zero-order valence-corrected chi connectivity index (χ0v) is 16.9. The fourth-order valence-corrected chi connectivity index (χ4v) is 4.25. The van der Waals surface area contributed by atoms with E-state index in [9.17, 15) is 19.7 Å². The lowest BCUT2D eigenvalue weighted by atomic mass is 10.2. The molecule has 3 rings (SSSR count). The molecule has 0 bridgehead atoms. The summed E-state index contributed by atoms with van der Waals surface area (Å²) in [7, 11) is 0. The lowest BCUT2D eigenvalue weighted by Crippen LogP contribution is -2.48. The van der Waals surface area contributed by atoms with Crippen molar-refractivity contribution in [3.8, 4) is 0 Å². The van der Waals surface area contributed by atoms with Gasteiger partial charge in [-0.05, 0) is 23.8 Å². The van der Waals surface area contributed by atoms with Crippen LogP contribution in [0, 0.1) is 10.1 Å². The van der Waals surface area contributed by atoms with Gasteiger partial charge in [-0.2, -0.15) is 0 Å². The number of anilines is 1. The van der Waals surface area contributed by atoms with Gasteiger partial charge in [-0.1, -0.05) is 23.1 Å². The van der Waals surface area contributed by atoms with Gasteiger partial charge in [-0.3, -0.25) is 19.7 Å². The second kappa shape index (κ2) is 9.47. The number of carbonyl (C=O) groups excluding carboxylic acids is 2. The van der Waals surface area contributed by atoms with E-state index in [1.807, 2.05) is 0 Å². The molecule has 0 atom stereocenters. The molecule has 29 heavy (non-hydrogen) atoms. The third kappa shape index (κ3) is 5.74. The second-order valence-electron chi connectivity index (χ2n) is 6.10. The molecule has 0 spiro atoms. The summed E-state index contributed by atoms with van der Waals surface area (Å²) in [5.41, 5.74) is 5.86. The number of nitro benzene ring substituents is 1. The monoisotopic (exact) mass is 434 g/mol. The summed E-state index contributed by atoms with van der Waals surface area (Å²) in [6.07, 6.45) is 3.12. The zero-order valence-electron chi connectivity index (χ0n) is 15.3. The highest BCUT2D eigenvalue weighted by Gasteiger charge is 2.22. The highest BCUT2D eigenvalue weighted by atomic mass is 32.2. The molecule has 1 aromatic carbocycles. The lowest BCUT2D eigenvalue weighted by molar-refractivity contribution is -0.384. The summed E-state index contributed by atoms with van der Waals surface area (Å²) in [5, 5.41) is 19.6. The molecule has 0 saturated carbocycles. The molecular weight excluding hydrogens is 416 g/mol. The number of aromatic nitrogens is 2. The molecule has 12 heteroatoms. The average molecular weight is 435 g/mol. The fourth-order valence-electron chi connectivity index (χ4n) is 2.62. The van der Waals surface area contributed by atoms with Crippen molar-refractivity contribution in [2.24, 2.45) is 5.73 Å². The highest BCUT2D eigenvalue weighted by Crippen LogP contribution is 2.28. The molecular formula is C17H18N6O4S2. The Bertz CT molecular complexity index is 922. The van der Waals surface area contributed by atoms with E-state index in [0.29, 0.717) is 30.5 Å². The van der Waals surface area contributed by atoms with Crippen LogP contribution in [0.3, 0.4) is 0 Å². The lowest BCUT2D eigenvalue weighted by Gasteiger charge is -2.33. The van der Waals surface area contributed by atoms with E-state index in [0.717, 1.165) is 10.7 Å². The highest BCUT2D eigenvalue weighted by molar-refractivity contribution is 8.01. The quantitative estimate of drug-likeness (QED) is 0.299. The maximum Gasteiger partial charge on any atom is 0.269 e. The molecule has 1 aliphatic rings. The van der Waals surface area contributed by atoms with Gasteiger partial charge < -0.3 is 15.5 Å². The Balaban J connectivity index is 1.50. The molecule has 0 unspecified atom stereocenters. The van der Waals surface area contributed by atoms with Gasteiger partial charge in [0.15, 0.2) is 4.34 Å². The summed E-state index contributed by atoms with van der Waals surface area (Å²) in [4.78, 5) is 37.2. The van der Waals surface area contributed by atoms with Crippen molar-refractivity contribution in [2.75, 3.05) is 36.8 Å². The van der Waals surface area contributed by atoms with E-state index < -0.39 is 10.8 Å². The first-order valence-corrected chi connectivity index (χ1v) is 10.4. The molecule has 1 fully saturated rings. The van der Waals surface area contributed by atoms with Crippen LogP contribution >= 0.6 is 23.1 Å². The van der Waals surface area contributed by atoms with Gasteiger partial charge in [0, 0.05) is 44.4 Å². The standard InChI is InChI=1S/C17H18N6O4S2/c18-14(24)11-28-17-20-19-16(29-17)22-9-7-21(8-10-22)15(25)6-3-12-1-4-13(5-2-12)23(26)27/h1-6H,7-11H2,(H2,18,24)/b6-3+. The summed E-state index contributed by atoms with van der Waals surface area (Å²) in [5.74, 6) is -0.350. The molecule has 1 saturated heterocycles. The Morgan fingerprint density at radius 1 is 1.21 bits per heavy atom. The number of non-ortho nitro benzene ring substituents is 1. The van der Waals surface area contributed by atoms with Crippen LogP contribution in [0.15, 0.2) is 34.7 Å². The van der Waals surface area contributed by atoms with E-state index in [4.69, 9.17) is 5.73 Å². The molecule has 2 aromatic rings. The SMILES string of the molecule is NC(=O)CSc1nnc(N2CCN(C(=O)/C=C/c3ccc([N+](=O)[O-])cc3)CC2)s1. The molecule has 152 valence electrons. The number of nitrogens with two attached hydrogens (primary N) is 1. The van der Waals surface area contributed by atoms with Gasteiger partial charge in [0.05, 0.1) is 10.7 Å². The van der Waals surface area contributed by atoms with E-state index >= 15 is 0 Å². The van der Waals surface area contributed by atoms with E-state index in [1.165, 1.54) is 41.3 Å². The minimum absolute atomic E-state index is 0.0115. The largest absolute Gasteiger partial charge is 0.369 e. The zero-order chi connectivity index (χ0) is 20.8. The molecule has 1 aliphatic heterocycles. The normalized spacial score (nSPS) is 14.3. The van der Waals surface area contributed by atoms with Gasteiger partial charge in [0.1, 0.15) is 0 Å². The maximum atomic E-state index is 12.4.